The lowest BCUT2D eigenvalue weighted by molar-refractivity contribution is 0.0957. The lowest BCUT2D eigenvalue weighted by atomic mass is 10.2. The molecule has 0 aliphatic carbocycles. The van der Waals surface area contributed by atoms with Crippen LogP contribution in [0.4, 0.5) is 4.39 Å². The fourth-order valence-corrected chi connectivity index (χ4v) is 2.32. The van der Waals surface area contributed by atoms with Crippen LogP contribution in [0, 0.1) is 5.82 Å². The van der Waals surface area contributed by atoms with E-state index in [-0.39, 0.29) is 16.5 Å². The molecule has 0 fully saturated rings. The predicted molar refractivity (Wildman–Crippen MR) is 84.8 cm³/mol. The summed E-state index contributed by atoms with van der Waals surface area (Å²) >= 11 is 5.87. The minimum Gasteiger partial charge on any atom is -0.360 e. The Labute approximate surface area is 130 Å². The molecule has 0 aliphatic rings. The van der Waals surface area contributed by atoms with Gasteiger partial charge in [-0.2, -0.15) is 5.10 Å². The van der Waals surface area contributed by atoms with E-state index in [4.69, 9.17) is 11.6 Å². The number of aromatic amines is 1. The summed E-state index contributed by atoms with van der Waals surface area (Å²) in [7, 11) is 0. The van der Waals surface area contributed by atoms with E-state index >= 15 is 0 Å². The van der Waals surface area contributed by atoms with Gasteiger partial charge in [0.2, 0.25) is 0 Å². The second kappa shape index (κ2) is 5.99. The average molecular weight is 316 g/mol. The summed E-state index contributed by atoms with van der Waals surface area (Å²) in [5.74, 6) is -0.890. The minimum atomic E-state index is -0.502. The van der Waals surface area contributed by atoms with E-state index in [2.05, 4.69) is 15.5 Å². The van der Waals surface area contributed by atoms with E-state index in [1.54, 1.807) is 12.3 Å². The molecular formula is C16H11ClFN3O. The molecule has 1 amide bonds. The molecule has 3 aromatic rings. The number of aromatic nitrogens is 1. The highest BCUT2D eigenvalue weighted by Crippen LogP contribution is 2.18. The van der Waals surface area contributed by atoms with E-state index in [0.717, 1.165) is 10.9 Å². The molecule has 2 N–H and O–H groups in total. The van der Waals surface area contributed by atoms with E-state index < -0.39 is 5.82 Å². The smallest absolute Gasteiger partial charge is 0.273 e. The average Bonchev–Trinajstić information content (AvgIpc) is 2.94. The summed E-state index contributed by atoms with van der Waals surface area (Å²) in [4.78, 5) is 15.1. The quantitative estimate of drug-likeness (QED) is 0.561. The minimum absolute atomic E-state index is 0.128. The number of benzene rings is 2. The van der Waals surface area contributed by atoms with Crippen molar-refractivity contribution in [2.75, 3.05) is 0 Å². The number of hydrogen-bond donors (Lipinski definition) is 2. The van der Waals surface area contributed by atoms with Gasteiger partial charge in [-0.15, -0.1) is 0 Å². The summed E-state index contributed by atoms with van der Waals surface area (Å²) in [5, 5.41) is 4.78. The van der Waals surface area contributed by atoms with Gasteiger partial charge in [-0.3, -0.25) is 4.79 Å². The normalized spacial score (nSPS) is 11.2. The van der Waals surface area contributed by atoms with Gasteiger partial charge in [-0.1, -0.05) is 35.9 Å². The van der Waals surface area contributed by atoms with Crippen molar-refractivity contribution in [3.63, 3.8) is 0 Å². The highest BCUT2D eigenvalue weighted by molar-refractivity contribution is 6.33. The molecule has 110 valence electrons. The molecule has 0 aliphatic heterocycles. The van der Waals surface area contributed by atoms with Crippen molar-refractivity contribution in [1.29, 1.82) is 0 Å². The number of rotatable bonds is 3. The van der Waals surface area contributed by atoms with Crippen molar-refractivity contribution in [1.82, 2.24) is 10.4 Å². The number of halogens is 2. The maximum absolute atomic E-state index is 13.6. The highest BCUT2D eigenvalue weighted by Gasteiger charge is 2.10. The van der Waals surface area contributed by atoms with Crippen molar-refractivity contribution < 1.29 is 9.18 Å². The van der Waals surface area contributed by atoms with Crippen LogP contribution in [-0.2, 0) is 0 Å². The summed E-state index contributed by atoms with van der Waals surface area (Å²) in [6.45, 7) is 0. The lowest BCUT2D eigenvalue weighted by Gasteiger charge is -2.00. The first kappa shape index (κ1) is 14.3. The largest absolute Gasteiger partial charge is 0.360 e. The Kier molecular flexibility index (Phi) is 3.89. The fourth-order valence-electron chi connectivity index (χ4n) is 2.11. The van der Waals surface area contributed by atoms with Gasteiger partial charge < -0.3 is 4.98 Å². The molecule has 6 heteroatoms. The van der Waals surface area contributed by atoms with E-state index in [1.165, 1.54) is 18.3 Å². The molecule has 0 unspecified atom stereocenters. The fraction of sp³-hybridized carbons (Fsp3) is 0. The summed E-state index contributed by atoms with van der Waals surface area (Å²) in [6, 6.07) is 11.7. The summed E-state index contributed by atoms with van der Waals surface area (Å²) in [6.07, 6.45) is 2.79. The lowest BCUT2D eigenvalue weighted by Crippen LogP contribution is -2.17. The van der Waals surface area contributed by atoms with E-state index in [9.17, 15) is 9.18 Å². The number of H-pyrrole nitrogens is 1. The molecule has 1 aromatic heterocycles. The third-order valence-electron chi connectivity index (χ3n) is 3.19. The van der Waals surface area contributed by atoms with E-state index in [1.807, 2.05) is 24.3 Å². The van der Waals surface area contributed by atoms with Gasteiger partial charge in [0.15, 0.2) is 0 Å². The predicted octanol–water partition coefficient (Wildman–Crippen LogP) is 3.72. The van der Waals surface area contributed by atoms with Crippen LogP contribution in [0.25, 0.3) is 10.9 Å². The van der Waals surface area contributed by atoms with Gasteiger partial charge in [0.25, 0.3) is 5.91 Å². The number of nitrogens with one attached hydrogen (secondary N) is 2. The molecule has 0 saturated carbocycles. The zero-order valence-corrected chi connectivity index (χ0v) is 12.1. The molecule has 0 saturated heterocycles. The van der Waals surface area contributed by atoms with Gasteiger partial charge in [-0.05, 0) is 18.2 Å². The van der Waals surface area contributed by atoms with Crippen molar-refractivity contribution in [2.45, 2.75) is 0 Å². The standard InChI is InChI=1S/C16H11ClFN3O/c17-13-5-3-6-14(18)12(13)9-20-21-16(22)11-8-19-15-7-2-1-4-10(11)15/h1-9,19H,(H,21,22)/b20-9-. The zero-order valence-electron chi connectivity index (χ0n) is 11.3. The third kappa shape index (κ3) is 2.71. The van der Waals surface area contributed by atoms with Crippen LogP contribution in [0.1, 0.15) is 15.9 Å². The van der Waals surface area contributed by atoms with Crippen molar-refractivity contribution in [3.8, 4) is 0 Å². The third-order valence-corrected chi connectivity index (χ3v) is 3.52. The number of carbonyl (C=O) groups is 1. The van der Waals surface area contributed by atoms with Crippen LogP contribution in [0.3, 0.4) is 0 Å². The molecule has 22 heavy (non-hydrogen) atoms. The Bertz CT molecular complexity index is 852. The number of para-hydroxylation sites is 1. The number of amides is 1. The first-order valence-electron chi connectivity index (χ1n) is 6.50. The first-order chi connectivity index (χ1) is 10.7. The Balaban J connectivity index is 1.79. The van der Waals surface area contributed by atoms with Gasteiger partial charge in [-0.25, -0.2) is 9.82 Å². The first-order valence-corrected chi connectivity index (χ1v) is 6.88. The van der Waals surface area contributed by atoms with Crippen LogP contribution in [0.2, 0.25) is 5.02 Å². The number of fused-ring (bicyclic) bond motifs is 1. The molecule has 3 rings (SSSR count). The number of nitrogens with zero attached hydrogens (tertiary/aromatic N) is 1. The number of hydrazone groups is 1. The SMILES string of the molecule is O=C(N/N=C\c1c(F)cccc1Cl)c1c[nH]c2ccccc12. The van der Waals surface area contributed by atoms with Crippen LogP contribution >= 0.6 is 11.6 Å². The monoisotopic (exact) mass is 315 g/mol. The van der Waals surface area contributed by atoms with Crippen molar-refractivity contribution in [2.24, 2.45) is 5.10 Å². The Hall–Kier alpha value is -2.66. The molecule has 0 spiro atoms. The number of hydrogen-bond acceptors (Lipinski definition) is 2. The maximum Gasteiger partial charge on any atom is 0.273 e. The topological polar surface area (TPSA) is 57.2 Å². The van der Waals surface area contributed by atoms with Crippen molar-refractivity contribution >= 4 is 34.6 Å². The molecule has 0 radical (unpaired) electrons. The zero-order chi connectivity index (χ0) is 15.5. The van der Waals surface area contributed by atoms with Crippen molar-refractivity contribution in [3.05, 3.63) is 70.6 Å². The van der Waals surface area contributed by atoms with Crippen LogP contribution in [0.5, 0.6) is 0 Å². The van der Waals surface area contributed by atoms with Gasteiger partial charge in [0.1, 0.15) is 5.82 Å². The van der Waals surface area contributed by atoms with Crippen LogP contribution < -0.4 is 5.43 Å². The van der Waals surface area contributed by atoms with Crippen LogP contribution in [0.15, 0.2) is 53.8 Å². The molecule has 2 aromatic carbocycles. The van der Waals surface area contributed by atoms with Gasteiger partial charge >= 0.3 is 0 Å². The Morgan fingerprint density at radius 2 is 2.05 bits per heavy atom. The second-order valence-corrected chi connectivity index (χ2v) is 4.99. The molecule has 0 bridgehead atoms. The Morgan fingerprint density at radius 1 is 1.23 bits per heavy atom. The maximum atomic E-state index is 13.6. The highest BCUT2D eigenvalue weighted by atomic mass is 35.5. The molecule has 4 nitrogen and oxygen atoms in total. The number of carbonyl (C=O) groups excluding carboxylic acids is 1. The Morgan fingerprint density at radius 3 is 2.86 bits per heavy atom. The second-order valence-electron chi connectivity index (χ2n) is 4.58. The molecule has 1 heterocycles. The van der Waals surface area contributed by atoms with E-state index in [0.29, 0.717) is 5.56 Å². The van der Waals surface area contributed by atoms with Gasteiger partial charge in [0.05, 0.1) is 16.8 Å². The van der Waals surface area contributed by atoms with Crippen LogP contribution in [-0.4, -0.2) is 17.1 Å². The summed E-state index contributed by atoms with van der Waals surface area (Å²) in [5.41, 5.74) is 3.81. The molecule has 0 atom stereocenters. The summed E-state index contributed by atoms with van der Waals surface area (Å²) < 4.78 is 13.6. The van der Waals surface area contributed by atoms with Gasteiger partial charge in [0, 0.05) is 22.7 Å². The molecular weight excluding hydrogens is 305 g/mol.